The zero-order valence-corrected chi connectivity index (χ0v) is 13.6. The molecule has 0 aliphatic rings. The van der Waals surface area contributed by atoms with Crippen LogP contribution >= 0.6 is 15.9 Å². The Morgan fingerprint density at radius 1 is 1.53 bits per heavy atom. The Morgan fingerprint density at radius 3 is 2.68 bits per heavy atom. The Morgan fingerprint density at radius 2 is 2.16 bits per heavy atom. The second kappa shape index (κ2) is 7.17. The van der Waals surface area contributed by atoms with Gasteiger partial charge in [-0.3, -0.25) is 9.48 Å². The molecular weight excluding hydrogens is 308 g/mol. The van der Waals surface area contributed by atoms with Gasteiger partial charge in [-0.1, -0.05) is 13.8 Å². The summed E-state index contributed by atoms with van der Waals surface area (Å²) in [4.78, 5) is 14.5. The van der Waals surface area contributed by atoms with Gasteiger partial charge in [0.1, 0.15) is 5.69 Å². The molecular formula is C13H23BrN4O. The molecule has 19 heavy (non-hydrogen) atoms. The van der Waals surface area contributed by atoms with E-state index in [4.69, 9.17) is 5.73 Å². The largest absolute Gasteiger partial charge is 0.321 e. The van der Waals surface area contributed by atoms with E-state index in [1.165, 1.54) is 0 Å². The minimum absolute atomic E-state index is 0.0446. The summed E-state index contributed by atoms with van der Waals surface area (Å²) in [6.07, 6.45) is 2.34. The topological polar surface area (TPSA) is 64.2 Å². The van der Waals surface area contributed by atoms with Crippen molar-refractivity contribution in [2.45, 2.75) is 32.9 Å². The van der Waals surface area contributed by atoms with E-state index in [0.29, 0.717) is 24.6 Å². The van der Waals surface area contributed by atoms with E-state index in [0.717, 1.165) is 11.0 Å². The smallest absolute Gasteiger partial charge is 0.198 e. The van der Waals surface area contributed by atoms with Gasteiger partial charge in [0, 0.05) is 6.54 Å². The van der Waals surface area contributed by atoms with E-state index in [-0.39, 0.29) is 5.78 Å². The fourth-order valence-corrected chi connectivity index (χ4v) is 2.35. The maximum absolute atomic E-state index is 12.4. The van der Waals surface area contributed by atoms with Gasteiger partial charge in [0.25, 0.3) is 0 Å². The number of ketones is 1. The van der Waals surface area contributed by atoms with Crippen molar-refractivity contribution in [3.63, 3.8) is 0 Å². The molecule has 0 spiro atoms. The summed E-state index contributed by atoms with van der Waals surface area (Å²) < 4.78 is 2.45. The fraction of sp³-hybridized carbons (Fsp3) is 0.692. The van der Waals surface area contributed by atoms with Crippen LogP contribution in [0.1, 0.15) is 30.8 Å². The van der Waals surface area contributed by atoms with E-state index in [2.05, 4.69) is 39.8 Å². The number of hydrogen-bond donors (Lipinski definition) is 1. The predicted octanol–water partition coefficient (Wildman–Crippen LogP) is 1.76. The highest BCUT2D eigenvalue weighted by Gasteiger charge is 2.23. The van der Waals surface area contributed by atoms with E-state index in [9.17, 15) is 4.79 Å². The van der Waals surface area contributed by atoms with Crippen molar-refractivity contribution in [2.24, 2.45) is 11.7 Å². The van der Waals surface area contributed by atoms with Crippen LogP contribution in [0.15, 0.2) is 10.7 Å². The monoisotopic (exact) mass is 330 g/mol. The molecule has 0 radical (unpaired) electrons. The van der Waals surface area contributed by atoms with Crippen molar-refractivity contribution in [3.8, 4) is 0 Å². The summed E-state index contributed by atoms with van der Waals surface area (Å²) in [7, 11) is 3.98. The number of aromatic nitrogens is 2. The molecule has 0 saturated carbocycles. The van der Waals surface area contributed by atoms with E-state index in [1.54, 1.807) is 10.9 Å². The van der Waals surface area contributed by atoms with E-state index >= 15 is 0 Å². The molecule has 5 nitrogen and oxygen atoms in total. The zero-order valence-electron chi connectivity index (χ0n) is 12.1. The normalized spacial score (nSPS) is 13.3. The highest BCUT2D eigenvalue weighted by molar-refractivity contribution is 9.10. The number of carbonyl (C=O) groups excluding carboxylic acids is 1. The van der Waals surface area contributed by atoms with Crippen LogP contribution in [0.2, 0.25) is 0 Å². The zero-order chi connectivity index (χ0) is 14.6. The molecule has 0 saturated heterocycles. The summed E-state index contributed by atoms with van der Waals surface area (Å²) in [5, 5.41) is 4.24. The molecule has 0 bridgehead atoms. The van der Waals surface area contributed by atoms with Crippen LogP contribution in [-0.2, 0) is 6.54 Å². The summed E-state index contributed by atoms with van der Waals surface area (Å²) in [5.41, 5.74) is 6.56. The van der Waals surface area contributed by atoms with Crippen LogP contribution in [-0.4, -0.2) is 47.1 Å². The Kier molecular flexibility index (Phi) is 6.16. The average molecular weight is 331 g/mol. The number of nitrogens with two attached hydrogens (primary N) is 1. The predicted molar refractivity (Wildman–Crippen MR) is 80.2 cm³/mol. The lowest BCUT2D eigenvalue weighted by Gasteiger charge is -2.15. The summed E-state index contributed by atoms with van der Waals surface area (Å²) >= 11 is 3.39. The van der Waals surface area contributed by atoms with E-state index < -0.39 is 6.04 Å². The fourth-order valence-electron chi connectivity index (χ4n) is 1.86. The van der Waals surface area contributed by atoms with Crippen LogP contribution in [0.3, 0.4) is 0 Å². The molecule has 0 aromatic carbocycles. The first kappa shape index (κ1) is 16.3. The van der Waals surface area contributed by atoms with Gasteiger partial charge in [0.15, 0.2) is 5.78 Å². The van der Waals surface area contributed by atoms with Gasteiger partial charge in [-0.2, -0.15) is 5.10 Å². The molecule has 1 aromatic rings. The standard InChI is InChI=1S/C13H23BrN4O/c1-9(2)7-11(15)13(19)12-10(14)8-16-18(12)6-5-17(3)4/h8-9,11H,5-7,15H2,1-4H3. The number of halogens is 1. The minimum Gasteiger partial charge on any atom is -0.321 e. The van der Waals surface area contributed by atoms with E-state index in [1.807, 2.05) is 14.1 Å². The molecule has 1 aromatic heterocycles. The second-order valence-corrected chi connectivity index (χ2v) is 6.32. The van der Waals surface area contributed by atoms with Crippen molar-refractivity contribution in [1.29, 1.82) is 0 Å². The Bertz CT molecular complexity index is 428. The third-order valence-corrected chi connectivity index (χ3v) is 3.43. The Labute approximate surface area is 123 Å². The van der Waals surface area contributed by atoms with Gasteiger partial charge in [0.05, 0.1) is 23.3 Å². The minimum atomic E-state index is -0.467. The molecule has 0 amide bonds. The Hall–Kier alpha value is -0.720. The average Bonchev–Trinajstić information content (AvgIpc) is 2.66. The van der Waals surface area contributed by atoms with Crippen molar-refractivity contribution in [1.82, 2.24) is 14.7 Å². The first-order chi connectivity index (χ1) is 8.82. The van der Waals surface area contributed by atoms with Crippen molar-refractivity contribution >= 4 is 21.7 Å². The molecule has 1 atom stereocenters. The lowest BCUT2D eigenvalue weighted by molar-refractivity contribution is 0.0938. The summed E-state index contributed by atoms with van der Waals surface area (Å²) in [6.45, 7) is 5.62. The molecule has 0 aliphatic carbocycles. The lowest BCUT2D eigenvalue weighted by Crippen LogP contribution is -2.34. The number of rotatable bonds is 7. The first-order valence-electron chi connectivity index (χ1n) is 6.48. The van der Waals surface area contributed by atoms with Crippen LogP contribution in [0.25, 0.3) is 0 Å². The number of hydrogen-bond acceptors (Lipinski definition) is 4. The van der Waals surface area contributed by atoms with Crippen LogP contribution in [0.4, 0.5) is 0 Å². The Balaban J connectivity index is 2.86. The van der Waals surface area contributed by atoms with Gasteiger partial charge in [-0.05, 0) is 42.4 Å². The molecule has 108 valence electrons. The van der Waals surface area contributed by atoms with Crippen molar-refractivity contribution < 1.29 is 4.79 Å². The number of nitrogens with zero attached hydrogens (tertiary/aromatic N) is 3. The molecule has 0 fully saturated rings. The number of likely N-dealkylation sites (N-methyl/N-ethyl adjacent to an activating group) is 1. The number of carbonyl (C=O) groups is 1. The van der Waals surface area contributed by atoms with Gasteiger partial charge in [0.2, 0.25) is 0 Å². The van der Waals surface area contributed by atoms with Crippen LogP contribution in [0, 0.1) is 5.92 Å². The summed E-state index contributed by atoms with van der Waals surface area (Å²) in [6, 6.07) is -0.467. The van der Waals surface area contributed by atoms with Crippen LogP contribution < -0.4 is 5.73 Å². The number of Topliss-reactive ketones (excluding diaryl/α,β-unsaturated/α-hetero) is 1. The lowest BCUT2D eigenvalue weighted by atomic mass is 9.99. The molecule has 1 unspecified atom stereocenters. The molecule has 6 heteroatoms. The van der Waals surface area contributed by atoms with Crippen LogP contribution in [0.5, 0.6) is 0 Å². The highest BCUT2D eigenvalue weighted by atomic mass is 79.9. The van der Waals surface area contributed by atoms with Crippen molar-refractivity contribution in [3.05, 3.63) is 16.4 Å². The van der Waals surface area contributed by atoms with Gasteiger partial charge < -0.3 is 10.6 Å². The third-order valence-electron chi connectivity index (χ3n) is 2.85. The third kappa shape index (κ3) is 4.71. The molecule has 1 rings (SSSR count). The summed E-state index contributed by atoms with van der Waals surface area (Å²) in [5.74, 6) is 0.354. The quantitative estimate of drug-likeness (QED) is 0.774. The van der Waals surface area contributed by atoms with Crippen molar-refractivity contribution in [2.75, 3.05) is 20.6 Å². The van der Waals surface area contributed by atoms with Gasteiger partial charge in [-0.25, -0.2) is 0 Å². The maximum Gasteiger partial charge on any atom is 0.198 e. The first-order valence-corrected chi connectivity index (χ1v) is 7.28. The molecule has 2 N–H and O–H groups in total. The maximum atomic E-state index is 12.4. The highest BCUT2D eigenvalue weighted by Crippen LogP contribution is 2.19. The second-order valence-electron chi connectivity index (χ2n) is 5.47. The van der Waals surface area contributed by atoms with Gasteiger partial charge in [-0.15, -0.1) is 0 Å². The van der Waals surface area contributed by atoms with Gasteiger partial charge >= 0.3 is 0 Å². The molecule has 0 aliphatic heterocycles. The molecule has 1 heterocycles. The SMILES string of the molecule is CC(C)CC(N)C(=O)c1c(Br)cnn1CCN(C)C.